The lowest BCUT2D eigenvalue weighted by molar-refractivity contribution is -0.115. The summed E-state index contributed by atoms with van der Waals surface area (Å²) in [6, 6.07) is 13.9. The molecule has 3 rings (SSSR count). The molecular formula is C21H24N4O3S2. The Morgan fingerprint density at radius 1 is 1.10 bits per heavy atom. The molecule has 0 radical (unpaired) electrons. The maximum atomic E-state index is 12.6. The Balaban J connectivity index is 1.74. The predicted molar refractivity (Wildman–Crippen MR) is 119 cm³/mol. The molecule has 1 aromatic heterocycles. The van der Waals surface area contributed by atoms with Crippen LogP contribution in [-0.4, -0.2) is 29.1 Å². The van der Waals surface area contributed by atoms with Crippen LogP contribution >= 0.6 is 11.8 Å². The van der Waals surface area contributed by atoms with E-state index in [0.717, 1.165) is 10.8 Å². The quantitative estimate of drug-likeness (QED) is 0.540. The molecule has 1 atom stereocenters. The van der Waals surface area contributed by atoms with Crippen LogP contribution in [0.1, 0.15) is 32.3 Å². The van der Waals surface area contributed by atoms with Gasteiger partial charge in [0.1, 0.15) is 0 Å². The minimum absolute atomic E-state index is 0.00577. The van der Waals surface area contributed by atoms with Crippen molar-refractivity contribution in [2.24, 2.45) is 5.14 Å². The normalized spacial score (nSPS) is 12.7. The fraction of sp³-hybridized carbons (Fsp3) is 0.238. The maximum Gasteiger partial charge on any atom is 0.238 e. The van der Waals surface area contributed by atoms with Gasteiger partial charge in [-0.1, -0.05) is 43.8 Å². The third-order valence-corrected chi connectivity index (χ3v) is 6.54. The number of rotatable bonds is 7. The Bertz CT molecular complexity index is 1140. The minimum Gasteiger partial charge on any atom is -0.325 e. The number of carbonyl (C=O) groups excluding carboxylic acids is 1. The van der Waals surface area contributed by atoms with Gasteiger partial charge >= 0.3 is 0 Å². The summed E-state index contributed by atoms with van der Waals surface area (Å²) < 4.78 is 24.7. The molecule has 0 bridgehead atoms. The van der Waals surface area contributed by atoms with Crippen LogP contribution in [0.3, 0.4) is 0 Å². The Labute approximate surface area is 180 Å². The van der Waals surface area contributed by atoms with Crippen molar-refractivity contribution in [3.05, 3.63) is 66.5 Å². The third kappa shape index (κ3) is 5.10. The number of benzene rings is 2. The highest BCUT2D eigenvalue weighted by molar-refractivity contribution is 8.00. The van der Waals surface area contributed by atoms with Crippen molar-refractivity contribution in [3.8, 4) is 5.69 Å². The molecule has 2 aromatic carbocycles. The average Bonchev–Trinajstić information content (AvgIpc) is 3.15. The van der Waals surface area contributed by atoms with Gasteiger partial charge in [0, 0.05) is 18.1 Å². The zero-order chi connectivity index (χ0) is 21.9. The van der Waals surface area contributed by atoms with Gasteiger partial charge in [0.05, 0.1) is 15.8 Å². The van der Waals surface area contributed by atoms with Crippen LogP contribution in [0.5, 0.6) is 0 Å². The minimum atomic E-state index is -3.77. The van der Waals surface area contributed by atoms with Crippen LogP contribution < -0.4 is 10.5 Å². The van der Waals surface area contributed by atoms with Crippen LogP contribution in [0.25, 0.3) is 5.69 Å². The number of primary sulfonamides is 1. The molecule has 3 N–H and O–H groups in total. The molecule has 1 unspecified atom stereocenters. The Hall–Kier alpha value is -2.62. The van der Waals surface area contributed by atoms with Gasteiger partial charge in [0.25, 0.3) is 0 Å². The Kier molecular flexibility index (Phi) is 6.64. The average molecular weight is 445 g/mol. The van der Waals surface area contributed by atoms with Crippen LogP contribution in [0.4, 0.5) is 5.69 Å². The van der Waals surface area contributed by atoms with Gasteiger partial charge in [0.15, 0.2) is 5.16 Å². The number of anilines is 1. The van der Waals surface area contributed by atoms with E-state index < -0.39 is 15.3 Å². The SMILES string of the molecule is CC(Sc1nccn1-c1ccccc1C(C)C)C(=O)Nc1ccc(S(N)(=O)=O)cc1. The van der Waals surface area contributed by atoms with Crippen LogP contribution in [0, 0.1) is 0 Å². The zero-order valence-corrected chi connectivity index (χ0v) is 18.6. The molecule has 0 fully saturated rings. The van der Waals surface area contributed by atoms with Gasteiger partial charge in [-0.3, -0.25) is 9.36 Å². The second-order valence-corrected chi connectivity index (χ2v) is 9.98. The molecule has 0 saturated carbocycles. The summed E-state index contributed by atoms with van der Waals surface area (Å²) in [6.45, 7) is 6.08. The molecule has 0 saturated heterocycles. The van der Waals surface area contributed by atoms with Gasteiger partial charge in [-0.2, -0.15) is 0 Å². The Morgan fingerprint density at radius 2 is 1.77 bits per heavy atom. The first-order valence-electron chi connectivity index (χ1n) is 9.40. The van der Waals surface area contributed by atoms with Crippen molar-refractivity contribution < 1.29 is 13.2 Å². The highest BCUT2D eigenvalue weighted by Crippen LogP contribution is 2.29. The predicted octanol–water partition coefficient (Wildman–Crippen LogP) is 3.76. The van der Waals surface area contributed by atoms with E-state index >= 15 is 0 Å². The molecule has 0 aliphatic rings. The summed E-state index contributed by atoms with van der Waals surface area (Å²) in [4.78, 5) is 17.1. The lowest BCUT2D eigenvalue weighted by Crippen LogP contribution is -2.23. The van der Waals surface area contributed by atoms with Gasteiger partial charge < -0.3 is 5.32 Å². The molecular weight excluding hydrogens is 420 g/mol. The standard InChI is InChI=1S/C21H24N4O3S2/c1-14(2)18-6-4-5-7-19(18)25-13-12-23-21(25)29-15(3)20(26)24-16-8-10-17(11-9-16)30(22,27)28/h4-15H,1-3H3,(H,24,26)(H2,22,27,28). The largest absolute Gasteiger partial charge is 0.325 e. The van der Waals surface area contributed by atoms with Crippen molar-refractivity contribution in [1.82, 2.24) is 9.55 Å². The monoisotopic (exact) mass is 444 g/mol. The summed E-state index contributed by atoms with van der Waals surface area (Å²) in [7, 11) is -3.77. The van der Waals surface area contributed by atoms with Gasteiger partial charge in [-0.15, -0.1) is 0 Å². The van der Waals surface area contributed by atoms with Crippen molar-refractivity contribution in [2.45, 2.75) is 42.0 Å². The molecule has 158 valence electrons. The number of thioether (sulfide) groups is 1. The zero-order valence-electron chi connectivity index (χ0n) is 16.9. The van der Waals surface area contributed by atoms with Crippen LogP contribution in [0.15, 0.2) is 71.0 Å². The van der Waals surface area contributed by atoms with Gasteiger partial charge in [-0.05, 0) is 48.7 Å². The second kappa shape index (κ2) is 9.03. The first-order valence-corrected chi connectivity index (χ1v) is 11.8. The highest BCUT2D eigenvalue weighted by atomic mass is 32.2. The molecule has 3 aromatic rings. The van der Waals surface area contributed by atoms with E-state index in [-0.39, 0.29) is 10.8 Å². The van der Waals surface area contributed by atoms with E-state index in [0.29, 0.717) is 11.6 Å². The van der Waals surface area contributed by atoms with Crippen molar-refractivity contribution in [1.29, 1.82) is 0 Å². The third-order valence-electron chi connectivity index (χ3n) is 4.53. The van der Waals surface area contributed by atoms with Crippen LogP contribution in [-0.2, 0) is 14.8 Å². The van der Waals surface area contributed by atoms with E-state index in [1.807, 2.05) is 29.0 Å². The van der Waals surface area contributed by atoms with Gasteiger partial charge in [-0.25, -0.2) is 18.5 Å². The van der Waals surface area contributed by atoms with Gasteiger partial charge in [0.2, 0.25) is 15.9 Å². The summed E-state index contributed by atoms with van der Waals surface area (Å²) in [6.07, 6.45) is 3.61. The number of hydrogen-bond acceptors (Lipinski definition) is 5. The van der Waals surface area contributed by atoms with E-state index in [9.17, 15) is 13.2 Å². The highest BCUT2D eigenvalue weighted by Gasteiger charge is 2.19. The summed E-state index contributed by atoms with van der Waals surface area (Å²) >= 11 is 1.35. The number of hydrogen-bond donors (Lipinski definition) is 2. The van der Waals surface area contributed by atoms with E-state index in [1.165, 1.54) is 41.6 Å². The number of sulfonamides is 1. The van der Waals surface area contributed by atoms with E-state index in [2.05, 4.69) is 30.2 Å². The number of para-hydroxylation sites is 1. The smallest absolute Gasteiger partial charge is 0.238 e. The molecule has 30 heavy (non-hydrogen) atoms. The molecule has 9 heteroatoms. The lowest BCUT2D eigenvalue weighted by Gasteiger charge is -2.17. The summed E-state index contributed by atoms with van der Waals surface area (Å²) in [5, 5.41) is 8.18. The van der Waals surface area contributed by atoms with Crippen molar-refractivity contribution in [2.75, 3.05) is 5.32 Å². The van der Waals surface area contributed by atoms with Crippen LogP contribution in [0.2, 0.25) is 0 Å². The van der Waals surface area contributed by atoms with E-state index in [1.54, 1.807) is 13.1 Å². The molecule has 1 heterocycles. The molecule has 0 aliphatic heterocycles. The molecule has 0 spiro atoms. The van der Waals surface area contributed by atoms with Crippen molar-refractivity contribution >= 4 is 33.4 Å². The number of aromatic nitrogens is 2. The Morgan fingerprint density at radius 3 is 2.40 bits per heavy atom. The first kappa shape index (κ1) is 22.1. The number of imidazole rings is 1. The lowest BCUT2D eigenvalue weighted by atomic mass is 10.0. The number of amides is 1. The topological polar surface area (TPSA) is 107 Å². The van der Waals surface area contributed by atoms with E-state index in [4.69, 9.17) is 5.14 Å². The molecule has 7 nitrogen and oxygen atoms in total. The number of carbonyl (C=O) groups is 1. The summed E-state index contributed by atoms with van der Waals surface area (Å²) in [5.41, 5.74) is 2.73. The van der Waals surface area contributed by atoms with Crippen molar-refractivity contribution in [3.63, 3.8) is 0 Å². The molecule has 1 amide bonds. The summed E-state index contributed by atoms with van der Waals surface area (Å²) in [5.74, 6) is 0.137. The fourth-order valence-electron chi connectivity index (χ4n) is 2.94. The maximum absolute atomic E-state index is 12.6. The first-order chi connectivity index (χ1) is 14.2. The molecule has 0 aliphatic carbocycles. The number of nitrogens with zero attached hydrogens (tertiary/aromatic N) is 2. The number of nitrogens with two attached hydrogens (primary N) is 1. The number of nitrogens with one attached hydrogen (secondary N) is 1. The fourth-order valence-corrected chi connectivity index (χ4v) is 4.33. The second-order valence-electron chi connectivity index (χ2n) is 7.11.